The van der Waals surface area contributed by atoms with Crippen LogP contribution in [0.1, 0.15) is 93.5 Å². The molecule has 2 atom stereocenters. The van der Waals surface area contributed by atoms with Gasteiger partial charge in [0.15, 0.2) is 5.78 Å². The average Bonchev–Trinajstić information content (AvgIpc) is 3.68. The minimum absolute atomic E-state index is 0.0919. The van der Waals surface area contributed by atoms with Crippen molar-refractivity contribution in [2.24, 2.45) is 17.8 Å². The Bertz CT molecular complexity index is 839. The Hall–Kier alpha value is -2.17. The molecule has 3 fully saturated rings. The van der Waals surface area contributed by atoms with E-state index in [4.69, 9.17) is 0 Å². The molecule has 1 N–H and O–H groups in total. The third-order valence-electron chi connectivity index (χ3n) is 7.56. The number of carbonyl (C=O) groups is 3. The SMILES string of the molecule is CC(C)C(=O)[C@H](NC(=O)c1cccc(C2CCCN(C(=O)C3CC3)C2)c1)C1CCCCC1. The van der Waals surface area contributed by atoms with Gasteiger partial charge in [0.25, 0.3) is 5.91 Å². The molecule has 1 saturated heterocycles. The normalized spacial score (nSPS) is 23.1. The molecule has 2 amide bonds. The lowest BCUT2D eigenvalue weighted by molar-refractivity contribution is -0.133. The third kappa shape index (κ3) is 5.41. The summed E-state index contributed by atoms with van der Waals surface area (Å²) in [5.74, 6) is 0.968. The van der Waals surface area contributed by atoms with Crippen molar-refractivity contribution >= 4 is 17.6 Å². The van der Waals surface area contributed by atoms with Crippen LogP contribution in [0.3, 0.4) is 0 Å². The van der Waals surface area contributed by atoms with E-state index in [9.17, 15) is 14.4 Å². The third-order valence-corrected chi connectivity index (χ3v) is 7.56. The molecular weight excluding hydrogens is 400 g/mol. The number of rotatable bonds is 7. The number of piperidine rings is 1. The highest BCUT2D eigenvalue weighted by Gasteiger charge is 2.36. The van der Waals surface area contributed by atoms with Crippen LogP contribution in [0.5, 0.6) is 0 Å². The van der Waals surface area contributed by atoms with Crippen molar-refractivity contribution in [2.75, 3.05) is 13.1 Å². The van der Waals surface area contributed by atoms with Crippen LogP contribution in [-0.2, 0) is 9.59 Å². The lowest BCUT2D eigenvalue weighted by atomic mass is 9.80. The van der Waals surface area contributed by atoms with Gasteiger partial charge in [-0.15, -0.1) is 0 Å². The minimum atomic E-state index is -0.396. The Balaban J connectivity index is 1.45. The zero-order valence-corrected chi connectivity index (χ0v) is 19.6. The lowest BCUT2D eigenvalue weighted by Crippen LogP contribution is -2.48. The summed E-state index contributed by atoms with van der Waals surface area (Å²) >= 11 is 0. The Morgan fingerprint density at radius 1 is 0.969 bits per heavy atom. The minimum Gasteiger partial charge on any atom is -0.342 e. The lowest BCUT2D eigenvalue weighted by Gasteiger charge is -2.33. The molecule has 174 valence electrons. The number of carbonyl (C=O) groups excluding carboxylic acids is 3. The van der Waals surface area contributed by atoms with E-state index in [0.29, 0.717) is 11.5 Å². The van der Waals surface area contributed by atoms with E-state index in [0.717, 1.165) is 70.0 Å². The first kappa shape index (κ1) is 23.0. The van der Waals surface area contributed by atoms with Crippen molar-refractivity contribution in [2.45, 2.75) is 83.6 Å². The Labute approximate surface area is 192 Å². The van der Waals surface area contributed by atoms with Crippen LogP contribution < -0.4 is 5.32 Å². The highest BCUT2D eigenvalue weighted by Crippen LogP contribution is 2.34. The number of nitrogens with zero attached hydrogens (tertiary/aromatic N) is 1. The van der Waals surface area contributed by atoms with Crippen molar-refractivity contribution in [3.63, 3.8) is 0 Å². The van der Waals surface area contributed by atoms with Gasteiger partial charge in [0.2, 0.25) is 5.91 Å². The first-order valence-electron chi connectivity index (χ1n) is 12.7. The summed E-state index contributed by atoms with van der Waals surface area (Å²) in [4.78, 5) is 40.7. The fraction of sp³-hybridized carbons (Fsp3) is 0.667. The van der Waals surface area contributed by atoms with Gasteiger partial charge in [-0.1, -0.05) is 45.2 Å². The predicted molar refractivity (Wildman–Crippen MR) is 125 cm³/mol. The molecule has 2 saturated carbocycles. The molecule has 0 aromatic heterocycles. The largest absolute Gasteiger partial charge is 0.342 e. The van der Waals surface area contributed by atoms with E-state index >= 15 is 0 Å². The van der Waals surface area contributed by atoms with E-state index in [2.05, 4.69) is 11.4 Å². The molecule has 1 aliphatic heterocycles. The standard InChI is InChI=1S/C27H38N2O3/c1-18(2)25(30)24(19-8-4-3-5-9-19)28-26(31)22-11-6-10-21(16-22)23-12-7-15-29(17-23)27(32)20-13-14-20/h6,10-11,16,18-20,23-24H,3-5,7-9,12-15,17H2,1-2H3,(H,28,31)/t23?,24-/m1/s1. The van der Waals surface area contributed by atoms with E-state index in [1.54, 1.807) is 0 Å². The Morgan fingerprint density at radius 2 is 1.72 bits per heavy atom. The highest BCUT2D eigenvalue weighted by molar-refractivity contribution is 5.98. The number of hydrogen-bond acceptors (Lipinski definition) is 3. The van der Waals surface area contributed by atoms with Crippen LogP contribution in [0.4, 0.5) is 0 Å². The van der Waals surface area contributed by atoms with Gasteiger partial charge in [-0.05, 0) is 62.1 Å². The Morgan fingerprint density at radius 3 is 2.41 bits per heavy atom. The Kier molecular flexibility index (Phi) is 7.32. The molecule has 2 aliphatic carbocycles. The van der Waals surface area contributed by atoms with Gasteiger partial charge in [0.05, 0.1) is 6.04 Å². The van der Waals surface area contributed by atoms with Gasteiger partial charge in [0, 0.05) is 36.4 Å². The predicted octanol–water partition coefficient (Wildman–Crippen LogP) is 4.71. The number of amides is 2. The van der Waals surface area contributed by atoms with Gasteiger partial charge >= 0.3 is 0 Å². The van der Waals surface area contributed by atoms with E-state index in [-0.39, 0.29) is 35.4 Å². The topological polar surface area (TPSA) is 66.5 Å². The number of benzene rings is 1. The van der Waals surface area contributed by atoms with Crippen LogP contribution in [-0.4, -0.2) is 41.6 Å². The average molecular weight is 439 g/mol. The summed E-state index contributed by atoms with van der Waals surface area (Å²) in [6.07, 6.45) is 9.62. The molecule has 1 heterocycles. The number of likely N-dealkylation sites (tertiary alicyclic amines) is 1. The molecular formula is C27H38N2O3. The maximum absolute atomic E-state index is 13.2. The molecule has 3 aliphatic rings. The molecule has 5 nitrogen and oxygen atoms in total. The van der Waals surface area contributed by atoms with E-state index in [1.165, 1.54) is 6.42 Å². The van der Waals surface area contributed by atoms with Crippen LogP contribution in [0, 0.1) is 17.8 Å². The number of nitrogens with one attached hydrogen (secondary N) is 1. The van der Waals surface area contributed by atoms with Gasteiger partial charge in [-0.25, -0.2) is 0 Å². The summed E-state index contributed by atoms with van der Waals surface area (Å²) in [7, 11) is 0. The first-order chi connectivity index (χ1) is 15.4. The van der Waals surface area contributed by atoms with E-state index in [1.807, 2.05) is 36.9 Å². The molecule has 0 radical (unpaired) electrons. The highest BCUT2D eigenvalue weighted by atomic mass is 16.2. The fourth-order valence-electron chi connectivity index (χ4n) is 5.44. The second-order valence-corrected chi connectivity index (χ2v) is 10.4. The maximum Gasteiger partial charge on any atom is 0.251 e. The van der Waals surface area contributed by atoms with E-state index < -0.39 is 6.04 Å². The molecule has 0 spiro atoms. The monoisotopic (exact) mass is 438 g/mol. The van der Waals surface area contributed by atoms with Crippen LogP contribution in [0.25, 0.3) is 0 Å². The molecule has 1 aromatic rings. The first-order valence-corrected chi connectivity index (χ1v) is 12.7. The molecule has 5 heteroatoms. The van der Waals surface area contributed by atoms with Crippen molar-refractivity contribution in [3.05, 3.63) is 35.4 Å². The summed E-state index contributed by atoms with van der Waals surface area (Å²) < 4.78 is 0. The van der Waals surface area contributed by atoms with Crippen molar-refractivity contribution in [1.29, 1.82) is 0 Å². The number of hydrogen-bond donors (Lipinski definition) is 1. The zero-order chi connectivity index (χ0) is 22.7. The number of ketones is 1. The smallest absolute Gasteiger partial charge is 0.251 e. The van der Waals surface area contributed by atoms with Crippen LogP contribution in [0.15, 0.2) is 24.3 Å². The van der Waals surface area contributed by atoms with Crippen LogP contribution in [0.2, 0.25) is 0 Å². The fourth-order valence-corrected chi connectivity index (χ4v) is 5.44. The van der Waals surface area contributed by atoms with Crippen molar-refractivity contribution in [1.82, 2.24) is 10.2 Å². The van der Waals surface area contributed by atoms with Crippen molar-refractivity contribution < 1.29 is 14.4 Å². The second-order valence-electron chi connectivity index (χ2n) is 10.4. The summed E-state index contributed by atoms with van der Waals surface area (Å²) in [6.45, 7) is 5.44. The van der Waals surface area contributed by atoms with Gasteiger partial charge in [0.1, 0.15) is 0 Å². The van der Waals surface area contributed by atoms with Gasteiger partial charge in [-0.2, -0.15) is 0 Å². The summed E-state index contributed by atoms with van der Waals surface area (Å²) in [6, 6.07) is 7.43. The maximum atomic E-state index is 13.2. The molecule has 32 heavy (non-hydrogen) atoms. The second kappa shape index (κ2) is 10.2. The summed E-state index contributed by atoms with van der Waals surface area (Å²) in [5.41, 5.74) is 1.74. The van der Waals surface area contributed by atoms with Crippen molar-refractivity contribution in [3.8, 4) is 0 Å². The van der Waals surface area contributed by atoms with Gasteiger partial charge in [-0.3, -0.25) is 14.4 Å². The van der Waals surface area contributed by atoms with Gasteiger partial charge < -0.3 is 10.2 Å². The molecule has 1 aromatic carbocycles. The quantitative estimate of drug-likeness (QED) is 0.671. The van der Waals surface area contributed by atoms with Crippen LogP contribution >= 0.6 is 0 Å². The molecule has 4 rings (SSSR count). The molecule has 0 bridgehead atoms. The summed E-state index contributed by atoms with van der Waals surface area (Å²) in [5, 5.41) is 3.11. The number of Topliss-reactive ketones (excluding diaryl/α,β-unsaturated/α-hetero) is 1. The molecule has 1 unspecified atom stereocenters. The zero-order valence-electron chi connectivity index (χ0n) is 19.6.